The number of carbonyl (C=O) groups excluding carboxylic acids is 1. The first-order valence-electron chi connectivity index (χ1n) is 8.77. The Morgan fingerprint density at radius 2 is 1.93 bits per heavy atom. The summed E-state index contributed by atoms with van der Waals surface area (Å²) in [7, 11) is 1.63. The highest BCUT2D eigenvalue weighted by molar-refractivity contribution is 5.95. The number of carbonyl (C=O) groups is 1. The molecule has 138 valence electrons. The van der Waals surface area contributed by atoms with Crippen LogP contribution in [0.15, 0.2) is 42.5 Å². The Labute approximate surface area is 157 Å². The summed E-state index contributed by atoms with van der Waals surface area (Å²) in [5.74, 6) is 0.750. The molecule has 3 rings (SSSR count). The van der Waals surface area contributed by atoms with Crippen molar-refractivity contribution in [3.8, 4) is 23.1 Å². The molecule has 0 fully saturated rings. The van der Waals surface area contributed by atoms with Gasteiger partial charge in [-0.25, -0.2) is 4.79 Å². The topological polar surface area (TPSA) is 76.3 Å². The van der Waals surface area contributed by atoms with E-state index in [1.807, 2.05) is 37.3 Å². The zero-order valence-electron chi connectivity index (χ0n) is 15.6. The van der Waals surface area contributed by atoms with E-state index >= 15 is 0 Å². The van der Waals surface area contributed by atoms with Crippen LogP contribution in [0.1, 0.15) is 19.4 Å². The number of nitrogens with zero attached hydrogens (tertiary/aromatic N) is 2. The molecule has 0 saturated carbocycles. The van der Waals surface area contributed by atoms with E-state index in [1.165, 1.54) is 0 Å². The molecule has 0 radical (unpaired) electrons. The maximum Gasteiger partial charge on any atom is 0.411 e. The van der Waals surface area contributed by atoms with Gasteiger partial charge in [0.25, 0.3) is 0 Å². The lowest BCUT2D eigenvalue weighted by Crippen LogP contribution is -2.13. The molecule has 0 aliphatic heterocycles. The number of nitriles is 1. The van der Waals surface area contributed by atoms with Gasteiger partial charge in [0.05, 0.1) is 30.5 Å². The van der Waals surface area contributed by atoms with Crippen molar-refractivity contribution >= 4 is 22.7 Å². The molecule has 0 bridgehead atoms. The summed E-state index contributed by atoms with van der Waals surface area (Å²) in [6.07, 6.45) is -0.488. The number of benzene rings is 2. The number of hydrogen-bond acceptors (Lipinski definition) is 4. The molecule has 1 heterocycles. The van der Waals surface area contributed by atoms with Crippen LogP contribution in [0.4, 0.5) is 10.5 Å². The number of hydrogen-bond donors (Lipinski definition) is 1. The third-order valence-electron chi connectivity index (χ3n) is 4.38. The van der Waals surface area contributed by atoms with E-state index in [0.29, 0.717) is 24.4 Å². The number of aromatic nitrogens is 1. The predicted molar refractivity (Wildman–Crippen MR) is 105 cm³/mol. The maximum absolute atomic E-state index is 11.6. The second kappa shape index (κ2) is 7.83. The van der Waals surface area contributed by atoms with Crippen LogP contribution in [0, 0.1) is 11.3 Å². The predicted octanol–water partition coefficient (Wildman–Crippen LogP) is 4.78. The largest absolute Gasteiger partial charge is 0.497 e. The second-order valence-corrected chi connectivity index (χ2v) is 5.89. The van der Waals surface area contributed by atoms with Crippen LogP contribution < -0.4 is 10.1 Å². The number of ether oxygens (including phenoxy) is 2. The van der Waals surface area contributed by atoms with E-state index in [0.717, 1.165) is 27.9 Å². The lowest BCUT2D eigenvalue weighted by Gasteiger charge is -2.10. The second-order valence-electron chi connectivity index (χ2n) is 5.89. The van der Waals surface area contributed by atoms with Gasteiger partial charge in [-0.15, -0.1) is 0 Å². The molecular formula is C21H21N3O3. The van der Waals surface area contributed by atoms with Crippen molar-refractivity contribution in [1.29, 1.82) is 5.26 Å². The molecule has 0 atom stereocenters. The molecule has 0 spiro atoms. The van der Waals surface area contributed by atoms with Crippen LogP contribution in [-0.4, -0.2) is 24.4 Å². The molecular weight excluding hydrogens is 342 g/mol. The Balaban J connectivity index is 2.08. The third-order valence-corrected chi connectivity index (χ3v) is 4.38. The lowest BCUT2D eigenvalue weighted by atomic mass is 10.1. The van der Waals surface area contributed by atoms with Crippen LogP contribution in [0.5, 0.6) is 5.75 Å². The molecule has 0 aliphatic rings. The third kappa shape index (κ3) is 3.44. The minimum absolute atomic E-state index is 0.315. The number of aryl methyl sites for hydroxylation is 1. The highest BCUT2D eigenvalue weighted by Crippen LogP contribution is 2.35. The Kier molecular flexibility index (Phi) is 5.32. The molecule has 6 heteroatoms. The van der Waals surface area contributed by atoms with Crippen molar-refractivity contribution in [3.05, 3.63) is 48.0 Å². The molecule has 0 unspecified atom stereocenters. The first-order chi connectivity index (χ1) is 13.1. The van der Waals surface area contributed by atoms with E-state index in [9.17, 15) is 10.1 Å². The van der Waals surface area contributed by atoms with E-state index in [1.54, 1.807) is 26.2 Å². The van der Waals surface area contributed by atoms with E-state index in [4.69, 9.17) is 9.47 Å². The first kappa shape index (κ1) is 18.3. The van der Waals surface area contributed by atoms with E-state index < -0.39 is 6.09 Å². The van der Waals surface area contributed by atoms with Crippen LogP contribution in [0.2, 0.25) is 0 Å². The van der Waals surface area contributed by atoms with Gasteiger partial charge in [0.15, 0.2) is 0 Å². The average molecular weight is 363 g/mol. The summed E-state index contributed by atoms with van der Waals surface area (Å²) in [4.78, 5) is 11.6. The molecule has 3 aromatic rings. The number of anilines is 1. The van der Waals surface area contributed by atoms with E-state index in [-0.39, 0.29) is 0 Å². The number of nitrogens with one attached hydrogen (secondary N) is 1. The number of amides is 1. The Hall–Kier alpha value is -3.46. The highest BCUT2D eigenvalue weighted by atomic mass is 16.5. The number of rotatable bonds is 5. The van der Waals surface area contributed by atoms with Gasteiger partial charge < -0.3 is 14.0 Å². The zero-order chi connectivity index (χ0) is 19.4. The van der Waals surface area contributed by atoms with Crippen molar-refractivity contribution in [2.45, 2.75) is 20.4 Å². The summed E-state index contributed by atoms with van der Waals surface area (Å²) in [5.41, 5.74) is 3.97. The Morgan fingerprint density at radius 1 is 1.19 bits per heavy atom. The minimum Gasteiger partial charge on any atom is -0.497 e. The van der Waals surface area contributed by atoms with Crippen LogP contribution in [0.3, 0.4) is 0 Å². The quantitative estimate of drug-likeness (QED) is 0.708. The number of methoxy groups -OCH3 is 1. The Morgan fingerprint density at radius 3 is 2.52 bits per heavy atom. The lowest BCUT2D eigenvalue weighted by molar-refractivity contribution is 0.168. The highest BCUT2D eigenvalue weighted by Gasteiger charge is 2.18. The summed E-state index contributed by atoms with van der Waals surface area (Å²) in [6, 6.07) is 15.4. The van der Waals surface area contributed by atoms with Gasteiger partial charge in [-0.1, -0.05) is 12.1 Å². The summed E-state index contributed by atoms with van der Waals surface area (Å²) in [6.45, 7) is 4.82. The summed E-state index contributed by atoms with van der Waals surface area (Å²) >= 11 is 0. The molecule has 0 saturated heterocycles. The minimum atomic E-state index is -0.488. The molecule has 1 aromatic heterocycles. The van der Waals surface area contributed by atoms with Crippen molar-refractivity contribution in [2.75, 3.05) is 19.0 Å². The fourth-order valence-electron chi connectivity index (χ4n) is 3.19. The van der Waals surface area contributed by atoms with Gasteiger partial charge in [-0.05, 0) is 43.7 Å². The Bertz CT molecular complexity index is 1010. The molecule has 2 aromatic carbocycles. The van der Waals surface area contributed by atoms with Crippen LogP contribution >= 0.6 is 0 Å². The first-order valence-corrected chi connectivity index (χ1v) is 8.77. The maximum atomic E-state index is 11.6. The van der Waals surface area contributed by atoms with E-state index in [2.05, 4.69) is 16.0 Å². The van der Waals surface area contributed by atoms with Gasteiger partial charge in [-0.2, -0.15) is 5.26 Å². The molecule has 6 nitrogen and oxygen atoms in total. The van der Waals surface area contributed by atoms with Gasteiger partial charge in [0, 0.05) is 23.7 Å². The molecule has 1 N–H and O–H groups in total. The zero-order valence-corrected chi connectivity index (χ0v) is 15.6. The van der Waals surface area contributed by atoms with Crippen molar-refractivity contribution in [3.63, 3.8) is 0 Å². The smallest absolute Gasteiger partial charge is 0.411 e. The number of fused-ring (bicyclic) bond motifs is 1. The van der Waals surface area contributed by atoms with Crippen molar-refractivity contribution < 1.29 is 14.3 Å². The van der Waals surface area contributed by atoms with Gasteiger partial charge in [-0.3, -0.25) is 5.32 Å². The van der Waals surface area contributed by atoms with Crippen molar-refractivity contribution in [1.82, 2.24) is 4.57 Å². The van der Waals surface area contributed by atoms with Crippen molar-refractivity contribution in [2.24, 2.45) is 0 Å². The average Bonchev–Trinajstić information content (AvgIpc) is 3.01. The fraction of sp³-hybridized carbons (Fsp3) is 0.238. The van der Waals surface area contributed by atoms with Crippen LogP contribution in [-0.2, 0) is 11.3 Å². The van der Waals surface area contributed by atoms with Gasteiger partial charge in [0.1, 0.15) is 11.8 Å². The standard InChI is InChI=1S/C21H21N3O3/c1-4-24-19-12-16(26-3)10-11-17(19)18(13-22)20(24)14-6-8-15(9-7-14)23-21(25)27-5-2/h6-12H,4-5H2,1-3H3,(H,23,25). The summed E-state index contributed by atoms with van der Waals surface area (Å²) in [5, 5.41) is 13.3. The monoisotopic (exact) mass is 363 g/mol. The molecule has 1 amide bonds. The SMILES string of the molecule is CCOC(=O)Nc1ccc(-c2c(C#N)c3ccc(OC)cc3n2CC)cc1. The van der Waals surface area contributed by atoms with Gasteiger partial charge >= 0.3 is 6.09 Å². The van der Waals surface area contributed by atoms with Crippen LogP contribution in [0.25, 0.3) is 22.2 Å². The molecule has 0 aliphatic carbocycles. The fourth-order valence-corrected chi connectivity index (χ4v) is 3.19. The normalized spacial score (nSPS) is 10.4. The van der Waals surface area contributed by atoms with Gasteiger partial charge in [0.2, 0.25) is 0 Å². The summed E-state index contributed by atoms with van der Waals surface area (Å²) < 4.78 is 12.3. The molecule has 27 heavy (non-hydrogen) atoms.